The Kier molecular flexibility index (Phi) is 3.79. The van der Waals surface area contributed by atoms with Crippen molar-refractivity contribution in [3.8, 4) is 0 Å². The highest BCUT2D eigenvalue weighted by Crippen LogP contribution is 2.03. The van der Waals surface area contributed by atoms with Gasteiger partial charge in [-0.25, -0.2) is 0 Å². The number of hydrogen-bond donors (Lipinski definition) is 0. The minimum Gasteiger partial charge on any atom is -0.294 e. The maximum absolute atomic E-state index is 11.5. The lowest BCUT2D eigenvalue weighted by molar-refractivity contribution is 0.0969. The van der Waals surface area contributed by atoms with E-state index >= 15 is 0 Å². The van der Waals surface area contributed by atoms with Gasteiger partial charge in [-0.05, 0) is 0 Å². The van der Waals surface area contributed by atoms with Crippen molar-refractivity contribution in [2.45, 2.75) is 6.42 Å². The van der Waals surface area contributed by atoms with Gasteiger partial charge in [-0.1, -0.05) is 30.3 Å². The summed E-state index contributed by atoms with van der Waals surface area (Å²) in [7, 11) is 1.55. The van der Waals surface area contributed by atoms with Gasteiger partial charge in [0.1, 0.15) is 0 Å². The van der Waals surface area contributed by atoms with Crippen molar-refractivity contribution in [2.24, 2.45) is 5.29 Å². The van der Waals surface area contributed by atoms with Gasteiger partial charge in [0.15, 0.2) is 5.78 Å². The Balaban J connectivity index is 2.47. The number of carbonyl (C=O) groups excluding carboxylic acids is 1. The fourth-order valence-electron chi connectivity index (χ4n) is 1.07. The molecule has 0 aromatic heterocycles. The summed E-state index contributed by atoms with van der Waals surface area (Å²) < 4.78 is 0. The fourth-order valence-corrected chi connectivity index (χ4v) is 1.07. The first-order chi connectivity index (χ1) is 6.74. The molecule has 0 amide bonds. The van der Waals surface area contributed by atoms with Gasteiger partial charge in [0.2, 0.25) is 0 Å². The molecule has 1 aromatic carbocycles. The monoisotopic (exact) mass is 192 g/mol. The number of carbonyl (C=O) groups is 1. The van der Waals surface area contributed by atoms with Crippen LogP contribution in [0.25, 0.3) is 0 Å². The van der Waals surface area contributed by atoms with Crippen molar-refractivity contribution in [2.75, 3.05) is 13.6 Å². The van der Waals surface area contributed by atoms with Crippen molar-refractivity contribution < 1.29 is 4.79 Å². The number of nitrogens with zero attached hydrogens (tertiary/aromatic N) is 2. The van der Waals surface area contributed by atoms with Crippen LogP contribution >= 0.6 is 0 Å². The molecule has 74 valence electrons. The van der Waals surface area contributed by atoms with Crippen LogP contribution in [0.2, 0.25) is 0 Å². The van der Waals surface area contributed by atoms with Crippen LogP contribution in [0.4, 0.5) is 0 Å². The molecule has 4 nitrogen and oxygen atoms in total. The summed E-state index contributed by atoms with van der Waals surface area (Å²) in [5, 5.41) is 3.89. The summed E-state index contributed by atoms with van der Waals surface area (Å²) in [6.07, 6.45) is 0.312. The third-order valence-electron chi connectivity index (χ3n) is 1.90. The molecular formula is C10H12N2O2. The Labute approximate surface area is 82.5 Å². The molecule has 4 heteroatoms. The Morgan fingerprint density at radius 2 is 2.00 bits per heavy atom. The van der Waals surface area contributed by atoms with E-state index in [1.54, 1.807) is 19.2 Å². The maximum atomic E-state index is 11.5. The molecule has 0 heterocycles. The highest BCUT2D eigenvalue weighted by atomic mass is 16.3. The van der Waals surface area contributed by atoms with Crippen LogP contribution < -0.4 is 0 Å². The summed E-state index contributed by atoms with van der Waals surface area (Å²) in [6.45, 7) is 0.358. The SMILES string of the molecule is CN(CCC(=O)c1ccccc1)N=O. The topological polar surface area (TPSA) is 49.7 Å². The molecule has 0 fully saturated rings. The van der Waals surface area contributed by atoms with E-state index in [4.69, 9.17) is 0 Å². The van der Waals surface area contributed by atoms with Gasteiger partial charge in [-0.15, -0.1) is 4.91 Å². The second kappa shape index (κ2) is 5.11. The molecule has 1 rings (SSSR count). The van der Waals surface area contributed by atoms with E-state index in [-0.39, 0.29) is 5.78 Å². The van der Waals surface area contributed by atoms with Gasteiger partial charge in [-0.2, -0.15) is 0 Å². The van der Waals surface area contributed by atoms with Crippen LogP contribution in [0.15, 0.2) is 35.6 Å². The molecule has 0 aliphatic carbocycles. The Bertz CT molecular complexity index is 311. The smallest absolute Gasteiger partial charge is 0.164 e. The van der Waals surface area contributed by atoms with E-state index in [2.05, 4.69) is 5.29 Å². The minimum absolute atomic E-state index is 0.0288. The normalized spacial score (nSPS) is 9.50. The van der Waals surface area contributed by atoms with Gasteiger partial charge in [0.05, 0.1) is 5.29 Å². The van der Waals surface area contributed by atoms with Crippen LogP contribution in [-0.2, 0) is 0 Å². The van der Waals surface area contributed by atoms with Crippen LogP contribution in [0.5, 0.6) is 0 Å². The van der Waals surface area contributed by atoms with Crippen molar-refractivity contribution >= 4 is 5.78 Å². The number of benzene rings is 1. The van der Waals surface area contributed by atoms with Crippen molar-refractivity contribution in [3.63, 3.8) is 0 Å². The number of hydrogen-bond acceptors (Lipinski definition) is 3. The summed E-state index contributed by atoms with van der Waals surface area (Å²) >= 11 is 0. The summed E-state index contributed by atoms with van der Waals surface area (Å²) in [5.41, 5.74) is 0.673. The second-order valence-electron chi connectivity index (χ2n) is 3.00. The lowest BCUT2D eigenvalue weighted by Crippen LogP contribution is -2.15. The highest BCUT2D eigenvalue weighted by Gasteiger charge is 2.05. The van der Waals surface area contributed by atoms with Gasteiger partial charge >= 0.3 is 0 Å². The maximum Gasteiger partial charge on any atom is 0.164 e. The molecule has 0 unspecified atom stereocenters. The first-order valence-corrected chi connectivity index (χ1v) is 4.36. The van der Waals surface area contributed by atoms with Crippen molar-refractivity contribution in [1.82, 2.24) is 5.01 Å². The number of Topliss-reactive ketones (excluding diaryl/α,β-unsaturated/α-hetero) is 1. The van der Waals surface area contributed by atoms with Crippen LogP contribution in [0, 0.1) is 4.91 Å². The average molecular weight is 192 g/mol. The number of rotatable bonds is 5. The van der Waals surface area contributed by atoms with Crippen molar-refractivity contribution in [1.29, 1.82) is 0 Å². The van der Waals surface area contributed by atoms with Crippen LogP contribution in [0.3, 0.4) is 0 Å². The Hall–Kier alpha value is -1.71. The molecule has 0 bridgehead atoms. The summed E-state index contributed by atoms with van der Waals surface area (Å²) in [5.74, 6) is 0.0288. The number of nitroso groups, excluding NO2 is 1. The van der Waals surface area contributed by atoms with E-state index in [1.807, 2.05) is 18.2 Å². The zero-order chi connectivity index (χ0) is 10.4. The molecule has 0 atom stereocenters. The van der Waals surface area contributed by atoms with Crippen LogP contribution in [0.1, 0.15) is 16.8 Å². The minimum atomic E-state index is 0.0288. The van der Waals surface area contributed by atoms with E-state index in [0.717, 1.165) is 0 Å². The summed E-state index contributed by atoms with van der Waals surface area (Å²) in [6, 6.07) is 9.01. The Morgan fingerprint density at radius 3 is 2.57 bits per heavy atom. The standard InChI is InChI=1S/C10H12N2O2/c1-12(11-14)8-7-10(13)9-5-3-2-4-6-9/h2-6H,7-8H2,1H3. The second-order valence-corrected chi connectivity index (χ2v) is 3.00. The fraction of sp³-hybridized carbons (Fsp3) is 0.300. The molecule has 0 N–H and O–H groups in total. The van der Waals surface area contributed by atoms with E-state index in [9.17, 15) is 9.70 Å². The Morgan fingerprint density at radius 1 is 1.36 bits per heavy atom. The van der Waals surface area contributed by atoms with Crippen LogP contribution in [-0.4, -0.2) is 24.4 Å². The van der Waals surface area contributed by atoms with Gasteiger partial charge in [0, 0.05) is 25.6 Å². The molecule has 0 aliphatic heterocycles. The molecule has 0 saturated heterocycles. The zero-order valence-corrected chi connectivity index (χ0v) is 8.01. The molecule has 0 aliphatic rings. The van der Waals surface area contributed by atoms with E-state index < -0.39 is 0 Å². The highest BCUT2D eigenvalue weighted by molar-refractivity contribution is 5.96. The molecule has 0 radical (unpaired) electrons. The lowest BCUT2D eigenvalue weighted by Gasteiger charge is -2.06. The first-order valence-electron chi connectivity index (χ1n) is 4.36. The van der Waals surface area contributed by atoms with Gasteiger partial charge in [-0.3, -0.25) is 9.80 Å². The molecule has 0 spiro atoms. The summed E-state index contributed by atoms with van der Waals surface area (Å²) in [4.78, 5) is 21.5. The van der Waals surface area contributed by atoms with E-state index in [0.29, 0.717) is 18.5 Å². The first kappa shape index (κ1) is 10.4. The predicted octanol–water partition coefficient (Wildman–Crippen LogP) is 1.87. The molecule has 14 heavy (non-hydrogen) atoms. The van der Waals surface area contributed by atoms with E-state index in [1.165, 1.54) is 5.01 Å². The van der Waals surface area contributed by atoms with Gasteiger partial charge in [0.25, 0.3) is 0 Å². The largest absolute Gasteiger partial charge is 0.294 e. The van der Waals surface area contributed by atoms with Crippen molar-refractivity contribution in [3.05, 3.63) is 40.8 Å². The molecular weight excluding hydrogens is 180 g/mol. The molecule has 0 saturated carbocycles. The average Bonchev–Trinajstić information content (AvgIpc) is 2.26. The third kappa shape index (κ3) is 2.97. The lowest BCUT2D eigenvalue weighted by atomic mass is 10.1. The van der Waals surface area contributed by atoms with Gasteiger partial charge < -0.3 is 0 Å². The quantitative estimate of drug-likeness (QED) is 0.406. The number of ketones is 1. The molecule has 1 aromatic rings. The predicted molar refractivity (Wildman–Crippen MR) is 53.8 cm³/mol. The zero-order valence-electron chi connectivity index (χ0n) is 8.01. The third-order valence-corrected chi connectivity index (χ3v) is 1.90.